The first-order chi connectivity index (χ1) is 7.31. The smallest absolute Gasteiger partial charge is 0.314 e. The van der Waals surface area contributed by atoms with Crippen molar-refractivity contribution in [3.8, 4) is 5.75 Å². The lowest BCUT2D eigenvalue weighted by Crippen LogP contribution is -2.25. The Morgan fingerprint density at radius 1 is 1.44 bits per heavy atom. The highest BCUT2D eigenvalue weighted by Gasteiger charge is 2.68. The van der Waals surface area contributed by atoms with Gasteiger partial charge in [0.25, 0.3) is 0 Å². The summed E-state index contributed by atoms with van der Waals surface area (Å²) in [5, 5.41) is 19.2. The molecule has 1 aromatic rings. The predicted molar refractivity (Wildman–Crippen MR) is 63.5 cm³/mol. The van der Waals surface area contributed by atoms with Gasteiger partial charge in [-0.2, -0.15) is 0 Å². The number of hydrogen-bond donors (Lipinski definition) is 2. The predicted octanol–water partition coefficient (Wildman–Crippen LogP) is 2.91. The van der Waals surface area contributed by atoms with E-state index in [1.807, 2.05) is 13.8 Å². The van der Waals surface area contributed by atoms with Gasteiger partial charge in [0.2, 0.25) is 0 Å². The molecule has 1 aromatic carbocycles. The second-order valence-corrected chi connectivity index (χ2v) is 5.85. The summed E-state index contributed by atoms with van der Waals surface area (Å²) in [5.74, 6) is -0.822. The number of carboxylic acids is 1. The van der Waals surface area contributed by atoms with Gasteiger partial charge in [-0.1, -0.05) is 35.8 Å². The van der Waals surface area contributed by atoms with Crippen molar-refractivity contribution in [3.05, 3.63) is 28.2 Å². The first-order valence-electron chi connectivity index (χ1n) is 5.04. The van der Waals surface area contributed by atoms with E-state index in [-0.39, 0.29) is 11.2 Å². The molecule has 86 valence electrons. The Balaban J connectivity index is 2.56. The molecular weight excluding hydrogens is 272 g/mol. The molecule has 0 radical (unpaired) electrons. The molecule has 16 heavy (non-hydrogen) atoms. The van der Waals surface area contributed by atoms with Gasteiger partial charge in [0.15, 0.2) is 0 Å². The van der Waals surface area contributed by atoms with E-state index in [9.17, 15) is 15.0 Å². The molecule has 1 unspecified atom stereocenters. The molecule has 0 amide bonds. The van der Waals surface area contributed by atoms with E-state index in [0.717, 1.165) is 4.47 Å². The summed E-state index contributed by atoms with van der Waals surface area (Å²) in [6.07, 6.45) is 0.560. The van der Waals surface area contributed by atoms with Crippen LogP contribution in [0, 0.1) is 5.41 Å². The van der Waals surface area contributed by atoms with Gasteiger partial charge in [-0.25, -0.2) is 0 Å². The van der Waals surface area contributed by atoms with Crippen LogP contribution < -0.4 is 0 Å². The summed E-state index contributed by atoms with van der Waals surface area (Å²) in [6.45, 7) is 3.81. The lowest BCUT2D eigenvalue weighted by atomic mass is 9.87. The van der Waals surface area contributed by atoms with Gasteiger partial charge >= 0.3 is 5.97 Å². The van der Waals surface area contributed by atoms with Crippen molar-refractivity contribution < 1.29 is 15.0 Å². The molecule has 0 spiro atoms. The maximum atomic E-state index is 11.4. The van der Waals surface area contributed by atoms with Crippen LogP contribution in [0.4, 0.5) is 0 Å². The summed E-state index contributed by atoms with van der Waals surface area (Å²) in [5.41, 5.74) is -0.727. The molecule has 3 nitrogen and oxygen atoms in total. The highest BCUT2D eigenvalue weighted by molar-refractivity contribution is 9.10. The minimum absolute atomic E-state index is 0.0438. The molecular formula is C12H13BrO3. The molecule has 1 fully saturated rings. The van der Waals surface area contributed by atoms with E-state index in [1.165, 1.54) is 6.07 Å². The second-order valence-electron chi connectivity index (χ2n) is 4.93. The van der Waals surface area contributed by atoms with E-state index in [4.69, 9.17) is 0 Å². The van der Waals surface area contributed by atoms with Gasteiger partial charge in [-0.3, -0.25) is 4.79 Å². The minimum atomic E-state index is -0.933. The molecule has 4 heteroatoms. The Morgan fingerprint density at radius 3 is 2.38 bits per heavy atom. The third-order valence-corrected chi connectivity index (χ3v) is 4.02. The quantitative estimate of drug-likeness (QED) is 0.878. The highest BCUT2D eigenvalue weighted by atomic mass is 79.9. The maximum absolute atomic E-state index is 11.4. The molecule has 0 bridgehead atoms. The number of carbonyl (C=O) groups is 1. The fourth-order valence-electron chi connectivity index (χ4n) is 2.42. The van der Waals surface area contributed by atoms with Crippen LogP contribution in [0.1, 0.15) is 25.8 Å². The van der Waals surface area contributed by atoms with Crippen molar-refractivity contribution in [2.24, 2.45) is 5.41 Å². The third-order valence-electron chi connectivity index (χ3n) is 3.52. The SMILES string of the molecule is CC1(C)CC1(C(=O)O)c1ccc(Br)cc1O. The Bertz CT molecular complexity index is 467. The second kappa shape index (κ2) is 3.23. The topological polar surface area (TPSA) is 57.5 Å². The zero-order chi connectivity index (χ0) is 12.1. The van der Waals surface area contributed by atoms with Gasteiger partial charge in [-0.05, 0) is 24.0 Å². The molecule has 1 atom stereocenters. The molecule has 0 aromatic heterocycles. The van der Waals surface area contributed by atoms with Crippen LogP contribution in [-0.2, 0) is 10.2 Å². The van der Waals surface area contributed by atoms with Crippen molar-refractivity contribution in [2.75, 3.05) is 0 Å². The molecule has 0 aliphatic heterocycles. The Kier molecular flexibility index (Phi) is 2.31. The Hall–Kier alpha value is -1.03. The molecule has 2 N–H and O–H groups in total. The zero-order valence-electron chi connectivity index (χ0n) is 9.12. The van der Waals surface area contributed by atoms with E-state index in [1.54, 1.807) is 12.1 Å². The number of benzene rings is 1. The summed E-state index contributed by atoms with van der Waals surface area (Å²) in [6, 6.07) is 4.98. The standard InChI is InChI=1S/C12H13BrO3/c1-11(2)6-12(11,10(15)16)8-4-3-7(13)5-9(8)14/h3-5,14H,6H2,1-2H3,(H,15,16). The van der Waals surface area contributed by atoms with Crippen LogP contribution >= 0.6 is 15.9 Å². The highest BCUT2D eigenvalue weighted by Crippen LogP contribution is 2.65. The number of phenols is 1. The lowest BCUT2D eigenvalue weighted by molar-refractivity contribution is -0.141. The fourth-order valence-corrected chi connectivity index (χ4v) is 2.77. The number of phenolic OH excluding ortho intramolecular Hbond substituents is 1. The first kappa shape index (κ1) is 11.5. The molecule has 0 saturated heterocycles. The molecule has 1 aliphatic rings. The van der Waals surface area contributed by atoms with E-state index in [2.05, 4.69) is 15.9 Å². The van der Waals surface area contributed by atoms with Crippen LogP contribution in [0.15, 0.2) is 22.7 Å². The summed E-state index contributed by atoms with van der Waals surface area (Å²) >= 11 is 3.24. The summed E-state index contributed by atoms with van der Waals surface area (Å²) in [4.78, 5) is 11.4. The van der Waals surface area contributed by atoms with Crippen LogP contribution in [0.5, 0.6) is 5.75 Å². The molecule has 1 saturated carbocycles. The Morgan fingerprint density at radius 2 is 2.00 bits per heavy atom. The van der Waals surface area contributed by atoms with Crippen molar-refractivity contribution >= 4 is 21.9 Å². The number of carboxylic acid groups (broad SMARTS) is 1. The number of rotatable bonds is 2. The van der Waals surface area contributed by atoms with Gasteiger partial charge < -0.3 is 10.2 Å². The molecule has 0 heterocycles. The summed E-state index contributed by atoms with van der Waals surface area (Å²) in [7, 11) is 0. The van der Waals surface area contributed by atoms with Gasteiger partial charge in [0.05, 0.1) is 0 Å². The number of aromatic hydroxyl groups is 1. The molecule has 1 aliphatic carbocycles. The van der Waals surface area contributed by atoms with Gasteiger partial charge in [0.1, 0.15) is 11.2 Å². The van der Waals surface area contributed by atoms with E-state index in [0.29, 0.717) is 12.0 Å². The molecule has 2 rings (SSSR count). The minimum Gasteiger partial charge on any atom is -0.508 e. The third kappa shape index (κ3) is 1.36. The lowest BCUT2D eigenvalue weighted by Gasteiger charge is -2.17. The largest absolute Gasteiger partial charge is 0.508 e. The average molecular weight is 285 g/mol. The van der Waals surface area contributed by atoms with Crippen LogP contribution in [0.3, 0.4) is 0 Å². The number of aliphatic carboxylic acids is 1. The van der Waals surface area contributed by atoms with Crippen LogP contribution in [0.2, 0.25) is 0 Å². The monoisotopic (exact) mass is 284 g/mol. The van der Waals surface area contributed by atoms with Crippen molar-refractivity contribution in [1.29, 1.82) is 0 Å². The fraction of sp³-hybridized carbons (Fsp3) is 0.417. The van der Waals surface area contributed by atoms with Crippen LogP contribution in [-0.4, -0.2) is 16.2 Å². The zero-order valence-corrected chi connectivity index (χ0v) is 10.7. The van der Waals surface area contributed by atoms with Gasteiger partial charge in [-0.15, -0.1) is 0 Å². The average Bonchev–Trinajstić information content (AvgIpc) is 2.70. The van der Waals surface area contributed by atoms with E-state index >= 15 is 0 Å². The van der Waals surface area contributed by atoms with Crippen molar-refractivity contribution in [2.45, 2.75) is 25.7 Å². The van der Waals surface area contributed by atoms with Crippen molar-refractivity contribution in [1.82, 2.24) is 0 Å². The van der Waals surface area contributed by atoms with Crippen LogP contribution in [0.25, 0.3) is 0 Å². The maximum Gasteiger partial charge on any atom is 0.314 e. The summed E-state index contributed by atoms with van der Waals surface area (Å²) < 4.78 is 0.743. The number of halogens is 1. The normalized spacial score (nSPS) is 26.4. The Labute approximate surface area is 102 Å². The van der Waals surface area contributed by atoms with Gasteiger partial charge in [0, 0.05) is 10.0 Å². The van der Waals surface area contributed by atoms with E-state index < -0.39 is 11.4 Å². The first-order valence-corrected chi connectivity index (χ1v) is 5.83. The van der Waals surface area contributed by atoms with Crippen molar-refractivity contribution in [3.63, 3.8) is 0 Å². The number of hydrogen-bond acceptors (Lipinski definition) is 2.